The Kier molecular flexibility index (Phi) is 4.04. The van der Waals surface area contributed by atoms with Crippen molar-refractivity contribution in [1.29, 1.82) is 0 Å². The van der Waals surface area contributed by atoms with E-state index in [1.165, 1.54) is 18.2 Å². The van der Waals surface area contributed by atoms with Crippen molar-refractivity contribution in [2.45, 2.75) is 19.1 Å². The maximum Gasteiger partial charge on any atom is 0.123 e. The lowest BCUT2D eigenvalue weighted by Gasteiger charge is -2.17. The fourth-order valence-electron chi connectivity index (χ4n) is 1.26. The van der Waals surface area contributed by atoms with E-state index in [0.717, 1.165) is 0 Å². The molecule has 0 saturated carbocycles. The second-order valence-corrected chi connectivity index (χ2v) is 3.81. The summed E-state index contributed by atoms with van der Waals surface area (Å²) in [5, 5.41) is 19.3. The van der Waals surface area contributed by atoms with E-state index in [9.17, 15) is 14.6 Å². The molecule has 0 aliphatic heterocycles. The summed E-state index contributed by atoms with van der Waals surface area (Å²) in [6.07, 6.45) is -1.85. The van der Waals surface area contributed by atoms with E-state index in [0.29, 0.717) is 11.1 Å². The predicted octanol–water partition coefficient (Wildman–Crippen LogP) is 1.92. The number of aliphatic hydroxyl groups excluding tert-OH is 2. The molecule has 2 N–H and O–H groups in total. The van der Waals surface area contributed by atoms with Crippen molar-refractivity contribution in [3.63, 3.8) is 0 Å². The lowest BCUT2D eigenvalue weighted by Crippen LogP contribution is -2.20. The number of hydrogen-bond donors (Lipinski definition) is 2. The minimum absolute atomic E-state index is 0.283. The minimum Gasteiger partial charge on any atom is -0.389 e. The van der Waals surface area contributed by atoms with Gasteiger partial charge in [-0.25, -0.2) is 4.39 Å². The first-order valence-corrected chi connectivity index (χ1v) is 5.36. The van der Waals surface area contributed by atoms with Crippen LogP contribution in [-0.2, 0) is 0 Å². The van der Waals surface area contributed by atoms with Crippen molar-refractivity contribution in [2.24, 2.45) is 0 Å². The quantitative estimate of drug-likeness (QED) is 0.818. The molecule has 1 aromatic carbocycles. The van der Waals surface area contributed by atoms with Gasteiger partial charge < -0.3 is 10.2 Å². The van der Waals surface area contributed by atoms with Gasteiger partial charge in [-0.05, 0) is 30.2 Å². The zero-order valence-electron chi connectivity index (χ0n) is 7.74. The molecule has 14 heavy (non-hydrogen) atoms. The van der Waals surface area contributed by atoms with Gasteiger partial charge in [-0.2, -0.15) is 0 Å². The van der Waals surface area contributed by atoms with Gasteiger partial charge in [0.15, 0.2) is 0 Å². The molecule has 0 aromatic heterocycles. The molecule has 2 atom stereocenters. The standard InChI is InChI=1S/C10H12BrFO2/c1-6-4-7(12)2-3-8(6)10(14)9(13)5-11/h2-4,9-10,13-14H,5H2,1H3. The van der Waals surface area contributed by atoms with Crippen molar-refractivity contribution in [1.82, 2.24) is 0 Å². The van der Waals surface area contributed by atoms with E-state index >= 15 is 0 Å². The molecular formula is C10H12BrFO2. The average Bonchev–Trinajstić information content (AvgIpc) is 2.15. The third-order valence-corrected chi connectivity index (χ3v) is 2.74. The van der Waals surface area contributed by atoms with Gasteiger partial charge in [0.1, 0.15) is 11.9 Å². The zero-order chi connectivity index (χ0) is 10.7. The number of alkyl halides is 1. The zero-order valence-corrected chi connectivity index (χ0v) is 9.33. The second-order valence-electron chi connectivity index (χ2n) is 3.17. The molecule has 0 fully saturated rings. The summed E-state index contributed by atoms with van der Waals surface area (Å²) in [6, 6.07) is 4.09. The first kappa shape index (κ1) is 11.6. The molecule has 1 rings (SSSR count). The molecule has 1 aromatic rings. The number of benzene rings is 1. The van der Waals surface area contributed by atoms with Crippen LogP contribution in [0.4, 0.5) is 4.39 Å². The third kappa shape index (κ3) is 2.53. The lowest BCUT2D eigenvalue weighted by atomic mass is 10.0. The van der Waals surface area contributed by atoms with Crippen molar-refractivity contribution in [3.05, 3.63) is 35.1 Å². The number of aliphatic hydroxyl groups is 2. The van der Waals surface area contributed by atoms with Crippen LogP contribution in [0.15, 0.2) is 18.2 Å². The topological polar surface area (TPSA) is 40.5 Å². The Balaban J connectivity index is 2.95. The molecule has 2 unspecified atom stereocenters. The van der Waals surface area contributed by atoms with E-state index in [2.05, 4.69) is 15.9 Å². The molecule has 4 heteroatoms. The fourth-order valence-corrected chi connectivity index (χ4v) is 1.62. The highest BCUT2D eigenvalue weighted by Crippen LogP contribution is 2.22. The predicted molar refractivity (Wildman–Crippen MR) is 55.9 cm³/mol. The maximum atomic E-state index is 12.7. The lowest BCUT2D eigenvalue weighted by molar-refractivity contribution is 0.0338. The monoisotopic (exact) mass is 262 g/mol. The van der Waals surface area contributed by atoms with Crippen LogP contribution in [-0.4, -0.2) is 21.6 Å². The van der Waals surface area contributed by atoms with Crippen LogP contribution in [0.25, 0.3) is 0 Å². The van der Waals surface area contributed by atoms with Crippen molar-refractivity contribution in [2.75, 3.05) is 5.33 Å². The van der Waals surface area contributed by atoms with Crippen molar-refractivity contribution in [3.8, 4) is 0 Å². The van der Waals surface area contributed by atoms with Gasteiger partial charge in [-0.3, -0.25) is 0 Å². The van der Waals surface area contributed by atoms with E-state index in [4.69, 9.17) is 0 Å². The van der Waals surface area contributed by atoms with Gasteiger partial charge in [-0.15, -0.1) is 0 Å². The van der Waals surface area contributed by atoms with Crippen LogP contribution >= 0.6 is 15.9 Å². The van der Waals surface area contributed by atoms with E-state index in [1.807, 2.05) is 0 Å². The Labute approximate surface area is 90.5 Å². The van der Waals surface area contributed by atoms with Crippen molar-refractivity contribution >= 4 is 15.9 Å². The molecule has 0 saturated heterocycles. The number of rotatable bonds is 3. The maximum absolute atomic E-state index is 12.7. The van der Waals surface area contributed by atoms with E-state index < -0.39 is 12.2 Å². The molecule has 0 amide bonds. The fraction of sp³-hybridized carbons (Fsp3) is 0.400. The average molecular weight is 263 g/mol. The Bertz CT molecular complexity index is 317. The second kappa shape index (κ2) is 4.87. The summed E-state index contributed by atoms with van der Waals surface area (Å²) in [5.74, 6) is -0.341. The summed E-state index contributed by atoms with van der Waals surface area (Å²) in [6.45, 7) is 1.70. The number of hydrogen-bond acceptors (Lipinski definition) is 2. The minimum atomic E-state index is -0.977. The highest BCUT2D eigenvalue weighted by atomic mass is 79.9. The van der Waals surface area contributed by atoms with Gasteiger partial charge >= 0.3 is 0 Å². The molecule has 0 aliphatic rings. The Morgan fingerprint density at radius 1 is 1.43 bits per heavy atom. The molecule has 0 bridgehead atoms. The summed E-state index contributed by atoms with van der Waals surface area (Å²) < 4.78 is 12.7. The SMILES string of the molecule is Cc1cc(F)ccc1C(O)C(O)CBr. The summed E-state index contributed by atoms with van der Waals surface area (Å²) in [5.41, 5.74) is 1.19. The van der Waals surface area contributed by atoms with Crippen LogP contribution in [0, 0.1) is 12.7 Å². The summed E-state index contributed by atoms with van der Waals surface area (Å²) >= 11 is 3.07. The van der Waals surface area contributed by atoms with Crippen LogP contribution in [0.2, 0.25) is 0 Å². The Morgan fingerprint density at radius 3 is 2.57 bits per heavy atom. The van der Waals surface area contributed by atoms with E-state index in [1.54, 1.807) is 6.92 Å². The van der Waals surface area contributed by atoms with Crippen LogP contribution < -0.4 is 0 Å². The van der Waals surface area contributed by atoms with Crippen molar-refractivity contribution < 1.29 is 14.6 Å². The molecule has 0 heterocycles. The number of halogens is 2. The van der Waals surface area contributed by atoms with Gasteiger partial charge in [0, 0.05) is 5.33 Å². The van der Waals surface area contributed by atoms with E-state index in [-0.39, 0.29) is 11.1 Å². The van der Waals surface area contributed by atoms with Gasteiger partial charge in [0.2, 0.25) is 0 Å². The highest BCUT2D eigenvalue weighted by Gasteiger charge is 2.18. The third-order valence-electron chi connectivity index (χ3n) is 2.07. The summed E-state index contributed by atoms with van der Waals surface area (Å²) in [4.78, 5) is 0. The first-order valence-electron chi connectivity index (χ1n) is 4.24. The van der Waals surface area contributed by atoms with Crippen LogP contribution in [0.3, 0.4) is 0 Å². The van der Waals surface area contributed by atoms with Crippen LogP contribution in [0.5, 0.6) is 0 Å². The molecule has 0 spiro atoms. The first-order chi connectivity index (χ1) is 6.56. The largest absolute Gasteiger partial charge is 0.389 e. The van der Waals surface area contributed by atoms with Gasteiger partial charge in [0.25, 0.3) is 0 Å². The molecule has 2 nitrogen and oxygen atoms in total. The molecule has 0 radical (unpaired) electrons. The number of aryl methyl sites for hydroxylation is 1. The smallest absolute Gasteiger partial charge is 0.123 e. The van der Waals surface area contributed by atoms with Crippen LogP contribution in [0.1, 0.15) is 17.2 Å². The normalized spacial score (nSPS) is 15.2. The Hall–Kier alpha value is -0.450. The van der Waals surface area contributed by atoms with Gasteiger partial charge in [0.05, 0.1) is 6.10 Å². The van der Waals surface area contributed by atoms with Gasteiger partial charge in [-0.1, -0.05) is 22.0 Å². The highest BCUT2D eigenvalue weighted by molar-refractivity contribution is 9.09. The Morgan fingerprint density at radius 2 is 2.07 bits per heavy atom. The summed E-state index contributed by atoms with van der Waals surface area (Å²) in [7, 11) is 0. The molecule has 78 valence electrons. The molecular weight excluding hydrogens is 251 g/mol. The molecule has 0 aliphatic carbocycles.